The third kappa shape index (κ3) is 2.12. The summed E-state index contributed by atoms with van der Waals surface area (Å²) >= 11 is 0. The number of benzene rings is 1. The summed E-state index contributed by atoms with van der Waals surface area (Å²) in [5.74, 6) is 1.74. The molecule has 1 aromatic heterocycles. The van der Waals surface area contributed by atoms with Gasteiger partial charge in [-0.3, -0.25) is 0 Å². The van der Waals surface area contributed by atoms with Gasteiger partial charge >= 0.3 is 0 Å². The molecule has 1 aliphatic heterocycles. The van der Waals surface area contributed by atoms with Crippen molar-refractivity contribution in [3.05, 3.63) is 35.7 Å². The molecule has 4 rings (SSSR count). The zero-order valence-electron chi connectivity index (χ0n) is 12.7. The lowest BCUT2D eigenvalue weighted by atomic mass is 10.0. The van der Waals surface area contributed by atoms with E-state index in [1.807, 2.05) is 6.20 Å². The Morgan fingerprint density at radius 1 is 1.27 bits per heavy atom. The van der Waals surface area contributed by atoms with Crippen LogP contribution in [0.15, 0.2) is 24.5 Å². The first kappa shape index (κ1) is 13.8. The second-order valence-electron chi connectivity index (χ2n) is 6.13. The van der Waals surface area contributed by atoms with Crippen molar-refractivity contribution < 1.29 is 9.84 Å². The molecule has 0 saturated carbocycles. The minimum atomic E-state index is -0.381. The summed E-state index contributed by atoms with van der Waals surface area (Å²) in [5.41, 5.74) is 3.81. The summed E-state index contributed by atoms with van der Waals surface area (Å²) in [6.45, 7) is 1.39. The third-order valence-corrected chi connectivity index (χ3v) is 4.83. The summed E-state index contributed by atoms with van der Waals surface area (Å²) in [6, 6.07) is 4.39. The van der Waals surface area contributed by atoms with E-state index < -0.39 is 0 Å². The highest BCUT2D eigenvalue weighted by atomic mass is 16.5. The van der Waals surface area contributed by atoms with Gasteiger partial charge in [-0.05, 0) is 42.5 Å². The van der Waals surface area contributed by atoms with Crippen molar-refractivity contribution in [1.29, 1.82) is 0 Å². The molecule has 2 aromatic rings. The van der Waals surface area contributed by atoms with Crippen LogP contribution in [-0.2, 0) is 12.8 Å². The number of aliphatic hydroxyl groups is 1. The van der Waals surface area contributed by atoms with E-state index in [1.165, 1.54) is 17.5 Å². The van der Waals surface area contributed by atoms with Crippen molar-refractivity contribution in [3.8, 4) is 17.1 Å². The zero-order chi connectivity index (χ0) is 15.1. The van der Waals surface area contributed by atoms with Gasteiger partial charge in [-0.25, -0.2) is 4.98 Å². The number of methoxy groups -OCH3 is 1. The molecule has 22 heavy (non-hydrogen) atoms. The minimum Gasteiger partial charge on any atom is -0.496 e. The predicted octanol–water partition coefficient (Wildman–Crippen LogP) is 1.55. The fraction of sp³-hybridized carbons (Fsp3) is 0.471. The van der Waals surface area contributed by atoms with Crippen molar-refractivity contribution in [2.24, 2.45) is 0 Å². The highest BCUT2D eigenvalue weighted by molar-refractivity contribution is 5.67. The van der Waals surface area contributed by atoms with Gasteiger partial charge in [0.15, 0.2) is 0 Å². The largest absolute Gasteiger partial charge is 0.496 e. The molecular weight excluding hydrogens is 278 g/mol. The Labute approximate surface area is 129 Å². The van der Waals surface area contributed by atoms with E-state index in [1.54, 1.807) is 13.3 Å². The van der Waals surface area contributed by atoms with E-state index in [2.05, 4.69) is 27.0 Å². The topological polar surface area (TPSA) is 59.3 Å². The van der Waals surface area contributed by atoms with Crippen LogP contribution in [0.5, 0.6) is 5.75 Å². The van der Waals surface area contributed by atoms with Gasteiger partial charge in [-0.1, -0.05) is 0 Å². The van der Waals surface area contributed by atoms with E-state index in [-0.39, 0.29) is 12.1 Å². The number of ether oxygens (including phenoxy) is 1. The Hall–Kier alpha value is -1.85. The second-order valence-corrected chi connectivity index (χ2v) is 6.13. The lowest BCUT2D eigenvalue weighted by Crippen LogP contribution is -2.22. The van der Waals surface area contributed by atoms with E-state index in [4.69, 9.17) is 4.74 Å². The molecule has 1 saturated heterocycles. The molecule has 1 aliphatic carbocycles. The highest BCUT2D eigenvalue weighted by Crippen LogP contribution is 2.36. The maximum atomic E-state index is 10.2. The number of hydrogen-bond acceptors (Lipinski definition) is 4. The van der Waals surface area contributed by atoms with Crippen molar-refractivity contribution in [1.82, 2.24) is 14.9 Å². The maximum Gasteiger partial charge on any atom is 0.144 e. The summed E-state index contributed by atoms with van der Waals surface area (Å²) in [7, 11) is 1.71. The standard InChI is InChI=1S/C17H21N3O2/c1-22-16-8-12-4-2-3-11(12)7-13(16)17-19-5-6-20(17)14-9-18-10-15(14)21/h5-8,14-15,18,21H,2-4,9-10H2,1H3/t14-,15-/m0/s1. The number of nitrogens with zero attached hydrogens (tertiary/aromatic N) is 2. The van der Waals surface area contributed by atoms with Crippen LogP contribution < -0.4 is 10.1 Å². The van der Waals surface area contributed by atoms with Gasteiger partial charge in [0, 0.05) is 25.5 Å². The van der Waals surface area contributed by atoms with Crippen LogP contribution in [0, 0.1) is 0 Å². The molecule has 1 aromatic carbocycles. The Morgan fingerprint density at radius 2 is 2.09 bits per heavy atom. The van der Waals surface area contributed by atoms with Crippen LogP contribution in [0.4, 0.5) is 0 Å². The van der Waals surface area contributed by atoms with Gasteiger partial charge in [-0.15, -0.1) is 0 Å². The van der Waals surface area contributed by atoms with Crippen LogP contribution in [-0.4, -0.2) is 41.0 Å². The van der Waals surface area contributed by atoms with Crippen molar-refractivity contribution in [3.63, 3.8) is 0 Å². The molecule has 116 valence electrons. The van der Waals surface area contributed by atoms with Crippen LogP contribution in [0.1, 0.15) is 23.6 Å². The number of aromatic nitrogens is 2. The van der Waals surface area contributed by atoms with E-state index in [9.17, 15) is 5.11 Å². The van der Waals surface area contributed by atoms with Gasteiger partial charge in [0.1, 0.15) is 11.6 Å². The first-order valence-corrected chi connectivity index (χ1v) is 7.89. The fourth-order valence-corrected chi connectivity index (χ4v) is 3.67. The Kier molecular flexibility index (Phi) is 3.39. The molecule has 0 amide bonds. The number of rotatable bonds is 3. The Balaban J connectivity index is 1.81. The van der Waals surface area contributed by atoms with Crippen LogP contribution in [0.25, 0.3) is 11.4 Å². The summed E-state index contributed by atoms with van der Waals surface area (Å²) < 4.78 is 7.68. The van der Waals surface area contributed by atoms with E-state index in [0.29, 0.717) is 6.54 Å². The first-order chi connectivity index (χ1) is 10.8. The normalized spacial score (nSPS) is 23.7. The smallest absolute Gasteiger partial charge is 0.144 e. The predicted molar refractivity (Wildman–Crippen MR) is 84.2 cm³/mol. The second kappa shape index (κ2) is 5.41. The first-order valence-electron chi connectivity index (χ1n) is 7.89. The number of aryl methyl sites for hydroxylation is 2. The quantitative estimate of drug-likeness (QED) is 0.903. The SMILES string of the molecule is COc1cc2c(cc1-c1nccn1[C@H]1CNC[C@@H]1O)CCC2. The molecule has 2 N–H and O–H groups in total. The molecule has 5 heteroatoms. The van der Waals surface area contributed by atoms with Gasteiger partial charge < -0.3 is 19.7 Å². The molecule has 2 atom stereocenters. The average molecular weight is 299 g/mol. The number of imidazole rings is 1. The summed E-state index contributed by atoms with van der Waals surface area (Å²) in [6.07, 6.45) is 6.83. The fourth-order valence-electron chi connectivity index (χ4n) is 3.67. The molecule has 0 radical (unpaired) electrons. The van der Waals surface area contributed by atoms with E-state index in [0.717, 1.165) is 36.5 Å². The van der Waals surface area contributed by atoms with Crippen molar-refractivity contribution >= 4 is 0 Å². The molecule has 0 bridgehead atoms. The van der Waals surface area contributed by atoms with Gasteiger partial charge in [0.05, 0.1) is 24.8 Å². The Bertz CT molecular complexity index is 695. The van der Waals surface area contributed by atoms with Crippen molar-refractivity contribution in [2.75, 3.05) is 20.2 Å². The summed E-state index contributed by atoms with van der Waals surface area (Å²) in [4.78, 5) is 4.54. The molecule has 2 aliphatic rings. The average Bonchev–Trinajstić information content (AvgIpc) is 3.24. The lowest BCUT2D eigenvalue weighted by Gasteiger charge is -2.19. The van der Waals surface area contributed by atoms with Crippen LogP contribution >= 0.6 is 0 Å². The lowest BCUT2D eigenvalue weighted by molar-refractivity contribution is 0.151. The number of nitrogens with one attached hydrogen (secondary N) is 1. The minimum absolute atomic E-state index is 0.0236. The Morgan fingerprint density at radius 3 is 2.82 bits per heavy atom. The molecule has 2 heterocycles. The zero-order valence-corrected chi connectivity index (χ0v) is 12.7. The molecule has 0 unspecified atom stereocenters. The van der Waals surface area contributed by atoms with Crippen LogP contribution in [0.3, 0.4) is 0 Å². The monoisotopic (exact) mass is 299 g/mol. The molecule has 5 nitrogen and oxygen atoms in total. The van der Waals surface area contributed by atoms with Crippen molar-refractivity contribution in [2.45, 2.75) is 31.4 Å². The number of fused-ring (bicyclic) bond motifs is 1. The maximum absolute atomic E-state index is 10.2. The molecule has 1 fully saturated rings. The molecular formula is C17H21N3O2. The number of β-amino-alcohol motifs (C(OH)–C–C–N with tert-alkyl or cyclic N) is 1. The highest BCUT2D eigenvalue weighted by Gasteiger charge is 2.29. The number of aliphatic hydroxyl groups excluding tert-OH is 1. The summed E-state index contributed by atoms with van der Waals surface area (Å²) in [5, 5.41) is 13.4. The third-order valence-electron chi connectivity index (χ3n) is 4.83. The molecule has 0 spiro atoms. The van der Waals surface area contributed by atoms with Crippen LogP contribution in [0.2, 0.25) is 0 Å². The number of hydrogen-bond donors (Lipinski definition) is 2. The van der Waals surface area contributed by atoms with Gasteiger partial charge in [-0.2, -0.15) is 0 Å². The van der Waals surface area contributed by atoms with Gasteiger partial charge in [0.25, 0.3) is 0 Å². The van der Waals surface area contributed by atoms with Gasteiger partial charge in [0.2, 0.25) is 0 Å². The van der Waals surface area contributed by atoms with E-state index >= 15 is 0 Å².